The Morgan fingerprint density at radius 3 is 2.81 bits per heavy atom. The highest BCUT2D eigenvalue weighted by Gasteiger charge is 2.06. The number of pyridine rings is 1. The molecule has 0 fully saturated rings. The van der Waals surface area contributed by atoms with Crippen LogP contribution in [-0.2, 0) is 0 Å². The number of aryl methyl sites for hydroxylation is 1. The second-order valence-electron chi connectivity index (χ2n) is 3.32. The minimum Gasteiger partial charge on any atom is -0.456 e. The Kier molecular flexibility index (Phi) is 3.19. The van der Waals surface area contributed by atoms with Gasteiger partial charge in [-0.3, -0.25) is 4.98 Å². The van der Waals surface area contributed by atoms with Crippen LogP contribution in [0, 0.1) is 12.7 Å². The first-order valence-corrected chi connectivity index (χ1v) is 5.49. The van der Waals surface area contributed by atoms with E-state index in [9.17, 15) is 4.39 Å². The molecule has 0 aliphatic carbocycles. The van der Waals surface area contributed by atoms with E-state index in [0.717, 1.165) is 5.56 Å². The van der Waals surface area contributed by atoms with E-state index in [1.165, 1.54) is 12.1 Å². The van der Waals surface area contributed by atoms with Crippen LogP contribution in [0.1, 0.15) is 5.56 Å². The van der Waals surface area contributed by atoms with Crippen molar-refractivity contribution in [2.24, 2.45) is 0 Å². The maximum Gasteiger partial charge on any atom is 0.144 e. The van der Waals surface area contributed by atoms with Gasteiger partial charge in [-0.05, 0) is 41.1 Å². The molecule has 0 aliphatic rings. The Hall–Kier alpha value is -1.42. The van der Waals surface area contributed by atoms with Crippen LogP contribution < -0.4 is 4.74 Å². The molecule has 0 radical (unpaired) electrons. The van der Waals surface area contributed by atoms with Crippen LogP contribution in [0.15, 0.2) is 41.1 Å². The van der Waals surface area contributed by atoms with Gasteiger partial charge in [0.05, 0.1) is 4.47 Å². The molecule has 0 amide bonds. The first-order chi connectivity index (χ1) is 7.66. The SMILES string of the molecule is Cc1cnccc1Oc1cc(F)ccc1Br. The van der Waals surface area contributed by atoms with E-state index in [2.05, 4.69) is 20.9 Å². The van der Waals surface area contributed by atoms with E-state index in [1.807, 2.05) is 6.92 Å². The molecule has 0 atom stereocenters. The molecule has 0 N–H and O–H groups in total. The number of rotatable bonds is 2. The smallest absolute Gasteiger partial charge is 0.144 e. The fourth-order valence-corrected chi connectivity index (χ4v) is 1.58. The van der Waals surface area contributed by atoms with Crippen LogP contribution >= 0.6 is 15.9 Å². The third-order valence-corrected chi connectivity index (χ3v) is 2.74. The first kappa shape index (κ1) is 11.1. The second kappa shape index (κ2) is 4.61. The van der Waals surface area contributed by atoms with Gasteiger partial charge in [0.1, 0.15) is 17.3 Å². The lowest BCUT2D eigenvalue weighted by molar-refractivity contribution is 0.469. The number of halogens is 2. The Labute approximate surface area is 101 Å². The van der Waals surface area contributed by atoms with Crippen molar-refractivity contribution >= 4 is 15.9 Å². The molecule has 0 saturated heterocycles. The molecule has 16 heavy (non-hydrogen) atoms. The number of nitrogens with zero attached hydrogens (tertiary/aromatic N) is 1. The normalized spacial score (nSPS) is 10.2. The third kappa shape index (κ3) is 2.39. The molecule has 0 saturated carbocycles. The van der Waals surface area contributed by atoms with E-state index < -0.39 is 0 Å². The van der Waals surface area contributed by atoms with Gasteiger partial charge in [0.25, 0.3) is 0 Å². The zero-order valence-electron chi connectivity index (χ0n) is 8.58. The van der Waals surface area contributed by atoms with Crippen molar-refractivity contribution in [1.29, 1.82) is 0 Å². The molecule has 1 heterocycles. The van der Waals surface area contributed by atoms with Crippen molar-refractivity contribution in [3.8, 4) is 11.5 Å². The average Bonchev–Trinajstić information content (AvgIpc) is 2.27. The zero-order chi connectivity index (χ0) is 11.5. The molecule has 0 bridgehead atoms. The van der Waals surface area contributed by atoms with Crippen molar-refractivity contribution in [3.63, 3.8) is 0 Å². The minimum absolute atomic E-state index is 0.329. The zero-order valence-corrected chi connectivity index (χ0v) is 10.2. The van der Waals surface area contributed by atoms with Crippen LogP contribution in [0.25, 0.3) is 0 Å². The number of hydrogen-bond acceptors (Lipinski definition) is 2. The molecule has 2 rings (SSSR count). The van der Waals surface area contributed by atoms with Gasteiger partial charge in [0.15, 0.2) is 0 Å². The maximum atomic E-state index is 13.0. The third-order valence-electron chi connectivity index (χ3n) is 2.08. The summed E-state index contributed by atoms with van der Waals surface area (Å²) in [4.78, 5) is 3.96. The highest BCUT2D eigenvalue weighted by Crippen LogP contribution is 2.31. The molecule has 1 aromatic heterocycles. The molecule has 82 valence electrons. The summed E-state index contributed by atoms with van der Waals surface area (Å²) in [6, 6.07) is 6.06. The number of aromatic nitrogens is 1. The van der Waals surface area contributed by atoms with Gasteiger partial charge in [-0.15, -0.1) is 0 Å². The van der Waals surface area contributed by atoms with Crippen LogP contribution in [0.5, 0.6) is 11.5 Å². The molecule has 0 spiro atoms. The fraction of sp³-hybridized carbons (Fsp3) is 0.0833. The van der Waals surface area contributed by atoms with E-state index in [4.69, 9.17) is 4.74 Å². The van der Waals surface area contributed by atoms with Crippen molar-refractivity contribution < 1.29 is 9.13 Å². The van der Waals surface area contributed by atoms with E-state index in [1.54, 1.807) is 24.5 Å². The van der Waals surface area contributed by atoms with Gasteiger partial charge < -0.3 is 4.74 Å². The van der Waals surface area contributed by atoms with Gasteiger partial charge in [-0.1, -0.05) is 0 Å². The molecule has 2 nitrogen and oxygen atoms in total. The lowest BCUT2D eigenvalue weighted by atomic mass is 10.3. The summed E-state index contributed by atoms with van der Waals surface area (Å²) < 4.78 is 19.3. The Morgan fingerprint density at radius 1 is 1.25 bits per heavy atom. The van der Waals surface area contributed by atoms with E-state index in [-0.39, 0.29) is 5.82 Å². The number of hydrogen-bond donors (Lipinski definition) is 0. The molecular weight excluding hydrogens is 273 g/mol. The summed E-state index contributed by atoms with van der Waals surface area (Å²) in [7, 11) is 0. The predicted molar refractivity (Wildman–Crippen MR) is 63.1 cm³/mol. The van der Waals surface area contributed by atoms with Crippen LogP contribution in [0.3, 0.4) is 0 Å². The summed E-state index contributed by atoms with van der Waals surface area (Å²) in [5, 5.41) is 0. The predicted octanol–water partition coefficient (Wildman–Crippen LogP) is 4.08. The van der Waals surface area contributed by atoms with Gasteiger partial charge in [-0.25, -0.2) is 4.39 Å². The Morgan fingerprint density at radius 2 is 2.06 bits per heavy atom. The molecule has 4 heteroatoms. The molecular formula is C12H9BrFNO. The summed E-state index contributed by atoms with van der Waals surface area (Å²) in [6.07, 6.45) is 3.33. The molecule has 1 aromatic carbocycles. The minimum atomic E-state index is -0.329. The van der Waals surface area contributed by atoms with Crippen LogP contribution in [0.2, 0.25) is 0 Å². The highest BCUT2D eigenvalue weighted by molar-refractivity contribution is 9.10. The summed E-state index contributed by atoms with van der Waals surface area (Å²) in [5.41, 5.74) is 0.902. The lowest BCUT2D eigenvalue weighted by Gasteiger charge is -2.09. The summed E-state index contributed by atoms with van der Waals surface area (Å²) in [6.45, 7) is 1.88. The Bertz CT molecular complexity index is 516. The number of ether oxygens (including phenoxy) is 1. The van der Waals surface area contributed by atoms with Gasteiger partial charge in [-0.2, -0.15) is 0 Å². The summed E-state index contributed by atoms with van der Waals surface area (Å²) >= 11 is 3.31. The molecule has 0 unspecified atom stereocenters. The monoisotopic (exact) mass is 281 g/mol. The van der Waals surface area contributed by atoms with Gasteiger partial charge in [0, 0.05) is 24.0 Å². The van der Waals surface area contributed by atoms with Gasteiger partial charge in [0.2, 0.25) is 0 Å². The lowest BCUT2D eigenvalue weighted by Crippen LogP contribution is -1.90. The topological polar surface area (TPSA) is 22.1 Å². The van der Waals surface area contributed by atoms with Crippen LogP contribution in [-0.4, -0.2) is 4.98 Å². The molecule has 0 aliphatic heterocycles. The van der Waals surface area contributed by atoms with Crippen molar-refractivity contribution in [2.75, 3.05) is 0 Å². The second-order valence-corrected chi connectivity index (χ2v) is 4.17. The fourth-order valence-electron chi connectivity index (χ4n) is 1.25. The van der Waals surface area contributed by atoms with Gasteiger partial charge >= 0.3 is 0 Å². The average molecular weight is 282 g/mol. The number of benzene rings is 1. The maximum absolute atomic E-state index is 13.0. The van der Waals surface area contributed by atoms with Crippen molar-refractivity contribution in [2.45, 2.75) is 6.92 Å². The standard InChI is InChI=1S/C12H9BrFNO/c1-8-7-15-5-4-11(8)16-12-6-9(14)2-3-10(12)13/h2-7H,1H3. The van der Waals surface area contributed by atoms with Crippen molar-refractivity contribution in [3.05, 3.63) is 52.5 Å². The first-order valence-electron chi connectivity index (χ1n) is 4.70. The molecule has 2 aromatic rings. The quantitative estimate of drug-likeness (QED) is 0.827. The Balaban J connectivity index is 2.34. The highest BCUT2D eigenvalue weighted by atomic mass is 79.9. The van der Waals surface area contributed by atoms with E-state index >= 15 is 0 Å². The van der Waals surface area contributed by atoms with E-state index in [0.29, 0.717) is 16.0 Å². The largest absolute Gasteiger partial charge is 0.456 e. The van der Waals surface area contributed by atoms with Crippen LogP contribution in [0.4, 0.5) is 4.39 Å². The summed E-state index contributed by atoms with van der Waals surface area (Å²) in [5.74, 6) is 0.792. The van der Waals surface area contributed by atoms with Crippen molar-refractivity contribution in [1.82, 2.24) is 4.98 Å².